The molecular formula is C25H26N4O4S. The van der Waals surface area contributed by atoms with Gasteiger partial charge in [-0.2, -0.15) is 0 Å². The molecule has 9 heteroatoms. The van der Waals surface area contributed by atoms with E-state index in [9.17, 15) is 18.0 Å². The zero-order valence-electron chi connectivity index (χ0n) is 18.6. The first-order chi connectivity index (χ1) is 16.4. The van der Waals surface area contributed by atoms with E-state index in [1.54, 1.807) is 36.4 Å². The predicted octanol–water partition coefficient (Wildman–Crippen LogP) is 1.86. The summed E-state index contributed by atoms with van der Waals surface area (Å²) in [6.45, 7) is 3.42. The van der Waals surface area contributed by atoms with Gasteiger partial charge in [0.05, 0.1) is 27.4 Å². The molecule has 2 aliphatic heterocycles. The van der Waals surface area contributed by atoms with Gasteiger partial charge in [0.1, 0.15) is 0 Å². The van der Waals surface area contributed by atoms with Crippen LogP contribution in [0.5, 0.6) is 0 Å². The van der Waals surface area contributed by atoms with Crippen molar-refractivity contribution in [1.82, 2.24) is 14.9 Å². The summed E-state index contributed by atoms with van der Waals surface area (Å²) in [7, 11) is -3.66. The maximum Gasteiger partial charge on any atom is 0.258 e. The van der Waals surface area contributed by atoms with Crippen LogP contribution in [-0.2, 0) is 14.8 Å². The highest BCUT2D eigenvalue weighted by Crippen LogP contribution is 2.39. The van der Waals surface area contributed by atoms with Crippen LogP contribution in [0.25, 0.3) is 11.4 Å². The van der Waals surface area contributed by atoms with Crippen molar-refractivity contribution in [2.24, 2.45) is 5.73 Å². The zero-order chi connectivity index (χ0) is 23.9. The maximum atomic E-state index is 13.2. The predicted molar refractivity (Wildman–Crippen MR) is 129 cm³/mol. The average Bonchev–Trinajstić information content (AvgIpc) is 3.48. The van der Waals surface area contributed by atoms with Crippen LogP contribution in [0.15, 0.2) is 64.6 Å². The molecule has 3 aliphatic rings. The molecule has 0 spiro atoms. The fourth-order valence-electron chi connectivity index (χ4n) is 4.76. The molecule has 0 radical (unpaired) electrons. The number of benzene rings is 2. The first kappa shape index (κ1) is 22.5. The van der Waals surface area contributed by atoms with Gasteiger partial charge < -0.3 is 16.0 Å². The van der Waals surface area contributed by atoms with Crippen LogP contribution in [0.3, 0.4) is 0 Å². The number of Topliss-reactive ketones (excluding diaryl/α,β-unsaturated/α-hetero) is 1. The van der Waals surface area contributed by atoms with E-state index < -0.39 is 15.9 Å². The van der Waals surface area contributed by atoms with E-state index in [2.05, 4.69) is 14.9 Å². The number of nitrogens with two attached hydrogens (primary N) is 1. The highest BCUT2D eigenvalue weighted by molar-refractivity contribution is 7.89. The van der Waals surface area contributed by atoms with Gasteiger partial charge in [-0.15, -0.1) is 0 Å². The third kappa shape index (κ3) is 3.96. The van der Waals surface area contributed by atoms with Gasteiger partial charge in [0.2, 0.25) is 10.0 Å². The Morgan fingerprint density at radius 1 is 0.941 bits per heavy atom. The SMILES string of the molecule is NC1=C2C(=O)NC(c3ccc(S(=O)(=O)NCCCN4CCCC4)cc3)=C2C(=O)c2ccccc21. The Hall–Kier alpha value is -3.27. The molecule has 2 heterocycles. The quantitative estimate of drug-likeness (QED) is 0.522. The van der Waals surface area contributed by atoms with Gasteiger partial charge in [0, 0.05) is 17.7 Å². The second-order valence-electron chi connectivity index (χ2n) is 8.69. The van der Waals surface area contributed by atoms with Crippen LogP contribution < -0.4 is 15.8 Å². The molecule has 0 aromatic heterocycles. The molecule has 1 saturated heterocycles. The number of carbonyl (C=O) groups excluding carboxylic acids is 2. The van der Waals surface area contributed by atoms with E-state index in [4.69, 9.17) is 5.73 Å². The molecule has 0 saturated carbocycles. The standard InChI is InChI=1S/C25H26N4O4S/c26-22-18-6-1-2-7-19(18)24(30)21-20(22)25(31)28-23(21)16-8-10-17(11-9-16)34(32,33)27-12-5-15-29-13-3-4-14-29/h1-2,6-11,27H,3-5,12-15,26H2,(H,28,31). The Morgan fingerprint density at radius 2 is 1.62 bits per heavy atom. The molecule has 1 amide bonds. The molecule has 2 aromatic carbocycles. The summed E-state index contributed by atoms with van der Waals surface area (Å²) in [5, 5.41) is 2.75. The van der Waals surface area contributed by atoms with E-state index in [1.165, 1.54) is 25.0 Å². The highest BCUT2D eigenvalue weighted by Gasteiger charge is 2.39. The van der Waals surface area contributed by atoms with Crippen LogP contribution >= 0.6 is 0 Å². The minimum Gasteiger partial charge on any atom is -0.398 e. The summed E-state index contributed by atoms with van der Waals surface area (Å²) in [6, 6.07) is 13.0. The molecule has 1 aliphatic carbocycles. The number of amides is 1. The lowest BCUT2D eigenvalue weighted by Gasteiger charge is -2.18. The number of nitrogens with one attached hydrogen (secondary N) is 2. The van der Waals surface area contributed by atoms with Crippen molar-refractivity contribution >= 4 is 33.1 Å². The van der Waals surface area contributed by atoms with Crippen LogP contribution in [-0.4, -0.2) is 51.2 Å². The van der Waals surface area contributed by atoms with Gasteiger partial charge in [0.15, 0.2) is 5.78 Å². The molecule has 4 N–H and O–H groups in total. The minimum absolute atomic E-state index is 0.128. The lowest BCUT2D eigenvalue weighted by atomic mass is 9.84. The van der Waals surface area contributed by atoms with E-state index in [0.717, 1.165) is 26.1 Å². The summed E-state index contributed by atoms with van der Waals surface area (Å²) in [4.78, 5) is 28.3. The van der Waals surface area contributed by atoms with Gasteiger partial charge in [-0.25, -0.2) is 13.1 Å². The summed E-state index contributed by atoms with van der Waals surface area (Å²) in [6.07, 6.45) is 3.16. The van der Waals surface area contributed by atoms with E-state index in [0.29, 0.717) is 28.9 Å². The van der Waals surface area contributed by atoms with Gasteiger partial charge in [-0.05, 0) is 56.6 Å². The zero-order valence-corrected chi connectivity index (χ0v) is 19.5. The number of nitrogens with zero attached hydrogens (tertiary/aromatic N) is 1. The molecule has 0 unspecified atom stereocenters. The third-order valence-corrected chi connectivity index (χ3v) is 8.00. The van der Waals surface area contributed by atoms with E-state index >= 15 is 0 Å². The van der Waals surface area contributed by atoms with Crippen molar-refractivity contribution in [3.63, 3.8) is 0 Å². The number of carbonyl (C=O) groups is 2. The number of fused-ring (bicyclic) bond motifs is 2. The van der Waals surface area contributed by atoms with Crippen molar-refractivity contribution in [1.29, 1.82) is 0 Å². The van der Waals surface area contributed by atoms with Gasteiger partial charge in [0.25, 0.3) is 5.91 Å². The minimum atomic E-state index is -3.66. The van der Waals surface area contributed by atoms with Crippen molar-refractivity contribution in [2.75, 3.05) is 26.2 Å². The van der Waals surface area contributed by atoms with Gasteiger partial charge in [-0.1, -0.05) is 36.4 Å². The molecule has 0 atom stereocenters. The second-order valence-corrected chi connectivity index (χ2v) is 10.5. The molecule has 2 aromatic rings. The van der Waals surface area contributed by atoms with Crippen molar-refractivity contribution < 1.29 is 18.0 Å². The van der Waals surface area contributed by atoms with Gasteiger partial charge in [-0.3, -0.25) is 9.59 Å². The van der Waals surface area contributed by atoms with Crippen molar-refractivity contribution in [3.05, 3.63) is 76.4 Å². The molecule has 1 fully saturated rings. The molecule has 5 rings (SSSR count). The van der Waals surface area contributed by atoms with Crippen LogP contribution in [0.4, 0.5) is 0 Å². The Balaban J connectivity index is 1.37. The number of hydrogen-bond acceptors (Lipinski definition) is 6. The van der Waals surface area contributed by atoms with Crippen molar-refractivity contribution in [2.45, 2.75) is 24.2 Å². The number of ketones is 1. The molecule has 34 heavy (non-hydrogen) atoms. The highest BCUT2D eigenvalue weighted by atomic mass is 32.2. The third-order valence-electron chi connectivity index (χ3n) is 6.52. The smallest absolute Gasteiger partial charge is 0.258 e. The maximum absolute atomic E-state index is 13.2. The Bertz CT molecular complexity index is 1340. The molecule has 176 valence electrons. The fourth-order valence-corrected chi connectivity index (χ4v) is 5.84. The Labute approximate surface area is 198 Å². The molecular weight excluding hydrogens is 452 g/mol. The summed E-state index contributed by atoms with van der Waals surface area (Å²) in [5.41, 5.74) is 8.73. The lowest BCUT2D eigenvalue weighted by molar-refractivity contribution is -0.115. The number of sulfonamides is 1. The topological polar surface area (TPSA) is 122 Å². The molecule has 0 bridgehead atoms. The number of rotatable bonds is 7. The average molecular weight is 479 g/mol. The second kappa shape index (κ2) is 8.83. The van der Waals surface area contributed by atoms with Gasteiger partial charge >= 0.3 is 0 Å². The van der Waals surface area contributed by atoms with Crippen LogP contribution in [0.2, 0.25) is 0 Å². The Morgan fingerprint density at radius 3 is 2.32 bits per heavy atom. The van der Waals surface area contributed by atoms with Crippen LogP contribution in [0, 0.1) is 0 Å². The lowest BCUT2D eigenvalue weighted by Crippen LogP contribution is -2.28. The number of likely N-dealkylation sites (tertiary alicyclic amines) is 1. The number of hydrogen-bond donors (Lipinski definition) is 3. The first-order valence-corrected chi connectivity index (χ1v) is 12.9. The monoisotopic (exact) mass is 478 g/mol. The first-order valence-electron chi connectivity index (χ1n) is 11.4. The van der Waals surface area contributed by atoms with E-state index in [-0.39, 0.29) is 27.5 Å². The Kier molecular flexibility index (Phi) is 5.85. The largest absolute Gasteiger partial charge is 0.398 e. The normalized spacial score (nSPS) is 18.4. The summed E-state index contributed by atoms with van der Waals surface area (Å²) >= 11 is 0. The van der Waals surface area contributed by atoms with Crippen molar-refractivity contribution in [3.8, 4) is 0 Å². The fraction of sp³-hybridized carbons (Fsp3) is 0.280. The molecule has 8 nitrogen and oxygen atoms in total. The van der Waals surface area contributed by atoms with E-state index in [1.807, 2.05) is 0 Å². The van der Waals surface area contributed by atoms with Crippen LogP contribution in [0.1, 0.15) is 40.7 Å². The summed E-state index contributed by atoms with van der Waals surface area (Å²) in [5.74, 6) is -0.730. The summed E-state index contributed by atoms with van der Waals surface area (Å²) < 4.78 is 28.0.